The van der Waals surface area contributed by atoms with Crippen LogP contribution in [-0.4, -0.2) is 36.5 Å². The number of hydrazone groups is 1. The summed E-state index contributed by atoms with van der Waals surface area (Å²) in [5.41, 5.74) is 4.69. The first-order chi connectivity index (χ1) is 12.4. The highest BCUT2D eigenvalue weighted by atomic mass is 35.5. The Morgan fingerprint density at radius 2 is 1.77 bits per heavy atom. The minimum atomic E-state index is -3.51. The molecule has 0 unspecified atom stereocenters. The van der Waals surface area contributed by atoms with Gasteiger partial charge in [-0.1, -0.05) is 44.5 Å². The summed E-state index contributed by atoms with van der Waals surface area (Å²) in [6.45, 7) is 6.46. The summed E-state index contributed by atoms with van der Waals surface area (Å²) in [5.74, 6) is 0.475. The van der Waals surface area contributed by atoms with E-state index >= 15 is 0 Å². The summed E-state index contributed by atoms with van der Waals surface area (Å²) in [6.07, 6.45) is 2.07. The van der Waals surface area contributed by atoms with Gasteiger partial charge in [-0.3, -0.25) is 5.43 Å². The van der Waals surface area contributed by atoms with Crippen LogP contribution in [0.1, 0.15) is 32.8 Å². The summed E-state index contributed by atoms with van der Waals surface area (Å²) >= 11 is 5.91. The second-order valence-corrected chi connectivity index (χ2v) is 7.87. The van der Waals surface area contributed by atoms with Gasteiger partial charge in [0.25, 0.3) is 0 Å². The second kappa shape index (κ2) is 9.12. The van der Waals surface area contributed by atoms with E-state index in [-0.39, 0.29) is 4.90 Å². The molecule has 8 heteroatoms. The number of rotatable bonds is 8. The lowest BCUT2D eigenvalue weighted by molar-refractivity contribution is 0.445. The zero-order chi connectivity index (χ0) is 19.2. The molecule has 6 nitrogen and oxygen atoms in total. The number of halogens is 1. The minimum Gasteiger partial charge on any atom is -0.261 e. The molecule has 0 bridgehead atoms. The molecule has 1 N–H and O–H groups in total. The SMILES string of the molecule is CC/C(=N/Nc1ccc(S(=O)(=O)N(CC)CC)cn1)c1ccc(Cl)cc1. The van der Waals surface area contributed by atoms with E-state index in [0.717, 1.165) is 17.7 Å². The molecule has 1 aromatic heterocycles. The number of anilines is 1. The molecule has 0 fully saturated rings. The summed E-state index contributed by atoms with van der Waals surface area (Å²) in [4.78, 5) is 4.34. The van der Waals surface area contributed by atoms with Crippen molar-refractivity contribution >= 4 is 33.2 Å². The molecule has 0 atom stereocenters. The largest absolute Gasteiger partial charge is 0.261 e. The standard InChI is InChI=1S/C18H23ClN4O2S/c1-4-17(14-7-9-15(19)10-8-14)21-22-18-12-11-16(13-20-18)26(24,25)23(5-2)6-3/h7-13H,4-6H2,1-3H3,(H,20,22)/b21-17-. The van der Waals surface area contributed by atoms with E-state index < -0.39 is 10.0 Å². The Bertz CT molecular complexity index is 846. The van der Waals surface area contributed by atoms with Crippen LogP contribution in [0.5, 0.6) is 0 Å². The minimum absolute atomic E-state index is 0.171. The fourth-order valence-corrected chi connectivity index (χ4v) is 3.96. The Hall–Kier alpha value is -1.96. The number of aromatic nitrogens is 1. The Balaban J connectivity index is 2.17. The van der Waals surface area contributed by atoms with Crippen molar-refractivity contribution in [3.63, 3.8) is 0 Å². The van der Waals surface area contributed by atoms with Crippen LogP contribution in [0.4, 0.5) is 5.82 Å². The van der Waals surface area contributed by atoms with Crippen molar-refractivity contribution in [1.29, 1.82) is 0 Å². The number of nitrogens with one attached hydrogen (secondary N) is 1. The highest BCUT2D eigenvalue weighted by Gasteiger charge is 2.21. The lowest BCUT2D eigenvalue weighted by Crippen LogP contribution is -2.30. The van der Waals surface area contributed by atoms with Gasteiger partial charge in [-0.05, 0) is 36.2 Å². The van der Waals surface area contributed by atoms with E-state index in [1.807, 2.05) is 45.0 Å². The third-order valence-electron chi connectivity index (χ3n) is 3.90. The van der Waals surface area contributed by atoms with Gasteiger partial charge in [0.2, 0.25) is 10.0 Å². The van der Waals surface area contributed by atoms with Crippen LogP contribution >= 0.6 is 11.6 Å². The van der Waals surface area contributed by atoms with E-state index in [1.54, 1.807) is 6.07 Å². The van der Waals surface area contributed by atoms with Crippen molar-refractivity contribution in [3.8, 4) is 0 Å². The van der Waals surface area contributed by atoms with Crippen molar-refractivity contribution in [2.24, 2.45) is 5.10 Å². The topological polar surface area (TPSA) is 74.7 Å². The van der Waals surface area contributed by atoms with Crippen LogP contribution < -0.4 is 5.43 Å². The van der Waals surface area contributed by atoms with E-state index in [0.29, 0.717) is 23.9 Å². The Labute approximate surface area is 160 Å². The first-order valence-electron chi connectivity index (χ1n) is 8.47. The molecule has 2 aromatic rings. The molecule has 0 aliphatic rings. The smallest absolute Gasteiger partial charge is 0.244 e. The number of nitrogens with zero attached hydrogens (tertiary/aromatic N) is 3. The lowest BCUT2D eigenvalue weighted by atomic mass is 10.1. The molecule has 0 spiro atoms. The third-order valence-corrected chi connectivity index (χ3v) is 6.18. The van der Waals surface area contributed by atoms with Gasteiger partial charge in [0.15, 0.2) is 0 Å². The Morgan fingerprint density at radius 3 is 2.27 bits per heavy atom. The molecule has 0 saturated carbocycles. The van der Waals surface area contributed by atoms with Crippen LogP contribution in [0.25, 0.3) is 0 Å². The lowest BCUT2D eigenvalue weighted by Gasteiger charge is -2.18. The number of sulfonamides is 1. The maximum atomic E-state index is 12.5. The number of benzene rings is 1. The first kappa shape index (κ1) is 20.4. The molecule has 1 aromatic carbocycles. The summed E-state index contributed by atoms with van der Waals surface area (Å²) < 4.78 is 26.3. The zero-order valence-electron chi connectivity index (χ0n) is 15.1. The van der Waals surface area contributed by atoms with Gasteiger partial charge in [-0.15, -0.1) is 0 Å². The molecule has 1 heterocycles. The average molecular weight is 395 g/mol. The molecule has 26 heavy (non-hydrogen) atoms. The van der Waals surface area contributed by atoms with Crippen molar-refractivity contribution in [1.82, 2.24) is 9.29 Å². The summed E-state index contributed by atoms with van der Waals surface area (Å²) in [6, 6.07) is 10.6. The molecule has 0 saturated heterocycles. The fraction of sp³-hybridized carbons (Fsp3) is 0.333. The van der Waals surface area contributed by atoms with E-state index in [4.69, 9.17) is 11.6 Å². The predicted octanol–water partition coefficient (Wildman–Crippen LogP) is 3.99. The first-order valence-corrected chi connectivity index (χ1v) is 10.3. The summed E-state index contributed by atoms with van der Waals surface area (Å²) in [7, 11) is -3.51. The normalized spacial score (nSPS) is 12.4. The maximum absolute atomic E-state index is 12.5. The molecule has 0 aliphatic carbocycles. The van der Waals surface area contributed by atoms with Gasteiger partial charge < -0.3 is 0 Å². The van der Waals surface area contributed by atoms with Gasteiger partial charge in [-0.2, -0.15) is 9.41 Å². The van der Waals surface area contributed by atoms with E-state index in [9.17, 15) is 8.42 Å². The Morgan fingerprint density at radius 1 is 1.12 bits per heavy atom. The van der Waals surface area contributed by atoms with Gasteiger partial charge >= 0.3 is 0 Å². The van der Waals surface area contributed by atoms with Crippen LogP contribution in [0.3, 0.4) is 0 Å². The molecular formula is C18H23ClN4O2S. The third kappa shape index (κ3) is 4.81. The van der Waals surface area contributed by atoms with Crippen LogP contribution in [-0.2, 0) is 10.0 Å². The monoisotopic (exact) mass is 394 g/mol. The van der Waals surface area contributed by atoms with E-state index in [2.05, 4.69) is 15.5 Å². The quantitative estimate of drug-likeness (QED) is 0.542. The molecule has 0 aliphatic heterocycles. The molecular weight excluding hydrogens is 372 g/mol. The highest BCUT2D eigenvalue weighted by molar-refractivity contribution is 7.89. The van der Waals surface area contributed by atoms with Crippen molar-refractivity contribution in [2.75, 3.05) is 18.5 Å². The van der Waals surface area contributed by atoms with Gasteiger partial charge in [0, 0.05) is 24.3 Å². The highest BCUT2D eigenvalue weighted by Crippen LogP contribution is 2.17. The predicted molar refractivity (Wildman–Crippen MR) is 106 cm³/mol. The van der Waals surface area contributed by atoms with Crippen molar-refractivity contribution < 1.29 is 8.42 Å². The second-order valence-electron chi connectivity index (χ2n) is 5.50. The maximum Gasteiger partial charge on any atom is 0.244 e. The van der Waals surface area contributed by atoms with Crippen molar-refractivity contribution in [3.05, 3.63) is 53.2 Å². The zero-order valence-corrected chi connectivity index (χ0v) is 16.7. The number of hydrogen-bond donors (Lipinski definition) is 1. The van der Waals surface area contributed by atoms with Crippen LogP contribution in [0.2, 0.25) is 5.02 Å². The molecule has 0 radical (unpaired) electrons. The Kier molecular flexibility index (Phi) is 7.14. The van der Waals surface area contributed by atoms with Crippen LogP contribution in [0, 0.1) is 0 Å². The summed E-state index contributed by atoms with van der Waals surface area (Å²) in [5, 5.41) is 5.04. The van der Waals surface area contributed by atoms with Gasteiger partial charge in [0.05, 0.1) is 5.71 Å². The number of pyridine rings is 1. The molecule has 140 valence electrons. The van der Waals surface area contributed by atoms with Crippen LogP contribution in [0.15, 0.2) is 52.6 Å². The molecule has 0 amide bonds. The van der Waals surface area contributed by atoms with Crippen molar-refractivity contribution in [2.45, 2.75) is 32.1 Å². The number of hydrogen-bond acceptors (Lipinski definition) is 5. The fourth-order valence-electron chi connectivity index (χ4n) is 2.43. The van der Waals surface area contributed by atoms with E-state index in [1.165, 1.54) is 16.6 Å². The van der Waals surface area contributed by atoms with Gasteiger partial charge in [-0.25, -0.2) is 13.4 Å². The average Bonchev–Trinajstić information content (AvgIpc) is 2.65. The van der Waals surface area contributed by atoms with Gasteiger partial charge in [0.1, 0.15) is 10.7 Å². The molecule has 2 rings (SSSR count).